The lowest BCUT2D eigenvalue weighted by Gasteiger charge is -2.10. The van der Waals surface area contributed by atoms with E-state index in [1.807, 2.05) is 0 Å². The number of phenols is 1. The molecule has 6 nitrogen and oxygen atoms in total. The van der Waals surface area contributed by atoms with Crippen LogP contribution in [0, 0.1) is 0 Å². The van der Waals surface area contributed by atoms with Gasteiger partial charge in [-0.05, 0) is 36.4 Å². The Morgan fingerprint density at radius 2 is 1.92 bits per heavy atom. The zero-order valence-corrected chi connectivity index (χ0v) is 12.8. The van der Waals surface area contributed by atoms with Gasteiger partial charge in [0.25, 0.3) is 0 Å². The van der Waals surface area contributed by atoms with Crippen LogP contribution in [-0.4, -0.2) is 20.6 Å². The predicted molar refractivity (Wildman–Crippen MR) is 84.9 cm³/mol. The van der Waals surface area contributed by atoms with Crippen molar-refractivity contribution in [2.45, 2.75) is 13.1 Å². The van der Waals surface area contributed by atoms with Crippen molar-refractivity contribution in [2.24, 2.45) is 0 Å². The third-order valence-corrected chi connectivity index (χ3v) is 3.55. The van der Waals surface area contributed by atoms with Gasteiger partial charge in [0, 0.05) is 12.6 Å². The minimum absolute atomic E-state index is 0.0239. The Morgan fingerprint density at radius 3 is 2.56 bits per heavy atom. The monoisotopic (exact) mass is 351 g/mol. The molecule has 3 rings (SSSR count). The van der Waals surface area contributed by atoms with Gasteiger partial charge in [-0.15, -0.1) is 0 Å². The Morgan fingerprint density at radius 1 is 1.20 bits per heavy atom. The number of carbonyl (C=O) groups is 1. The molecule has 25 heavy (non-hydrogen) atoms. The molecule has 0 fully saturated rings. The van der Waals surface area contributed by atoms with Crippen LogP contribution in [0.1, 0.15) is 12.5 Å². The van der Waals surface area contributed by atoms with Crippen molar-refractivity contribution >= 4 is 22.6 Å². The van der Waals surface area contributed by atoms with E-state index in [0.29, 0.717) is 5.69 Å². The van der Waals surface area contributed by atoms with E-state index in [1.54, 1.807) is 0 Å². The number of rotatable bonds is 2. The lowest BCUT2D eigenvalue weighted by Crippen LogP contribution is -2.15. The molecular weight excluding hydrogens is 339 g/mol. The number of alkyl halides is 3. The molecule has 0 atom stereocenters. The molecule has 0 saturated carbocycles. The third-order valence-electron chi connectivity index (χ3n) is 3.55. The van der Waals surface area contributed by atoms with Crippen LogP contribution in [-0.2, 0) is 11.0 Å². The van der Waals surface area contributed by atoms with Gasteiger partial charge in [-0.25, -0.2) is 4.79 Å². The summed E-state index contributed by atoms with van der Waals surface area (Å²) in [7, 11) is 0. The lowest BCUT2D eigenvalue weighted by atomic mass is 10.2. The van der Waals surface area contributed by atoms with E-state index in [9.17, 15) is 27.9 Å². The number of imidazole rings is 1. The predicted octanol–water partition coefficient (Wildman–Crippen LogP) is 3.00. The summed E-state index contributed by atoms with van der Waals surface area (Å²) < 4.78 is 39.5. The lowest BCUT2D eigenvalue weighted by molar-refractivity contribution is -0.137. The number of benzene rings is 2. The Bertz CT molecular complexity index is 1030. The number of hydrogen-bond donors (Lipinski definition) is 3. The molecule has 130 valence electrons. The molecule has 1 heterocycles. The Kier molecular flexibility index (Phi) is 3.78. The fourth-order valence-corrected chi connectivity index (χ4v) is 2.51. The van der Waals surface area contributed by atoms with E-state index in [2.05, 4.69) is 10.3 Å². The second-order valence-electron chi connectivity index (χ2n) is 5.38. The minimum atomic E-state index is -4.54. The number of carbonyl (C=O) groups excluding carboxylic acids is 1. The first-order valence-electron chi connectivity index (χ1n) is 7.10. The van der Waals surface area contributed by atoms with Crippen LogP contribution in [0.15, 0.2) is 41.2 Å². The molecule has 0 radical (unpaired) electrons. The number of H-pyrrole nitrogens is 1. The highest BCUT2D eigenvalue weighted by Gasteiger charge is 2.31. The quantitative estimate of drug-likeness (QED) is 0.620. The number of nitrogens with zero attached hydrogens (tertiary/aromatic N) is 1. The number of aromatic hydroxyl groups is 1. The first-order chi connectivity index (χ1) is 11.7. The van der Waals surface area contributed by atoms with Crippen molar-refractivity contribution in [3.05, 3.63) is 52.4 Å². The van der Waals surface area contributed by atoms with Gasteiger partial charge in [0.2, 0.25) is 5.91 Å². The largest absolute Gasteiger partial charge is 0.506 e. The standard InChI is InChI=1S/C16H12F3N3O3/c1-8(23)20-10-3-5-14(24)13(7-10)22-12-4-2-9(16(17,18)19)6-11(12)21-15(22)25/h2-7,24H,1H3,(H,20,23)(H,21,25). The van der Waals surface area contributed by atoms with Crippen LogP contribution in [0.5, 0.6) is 5.75 Å². The zero-order chi connectivity index (χ0) is 18.4. The van der Waals surface area contributed by atoms with Crippen LogP contribution in [0.2, 0.25) is 0 Å². The van der Waals surface area contributed by atoms with E-state index >= 15 is 0 Å². The van der Waals surface area contributed by atoms with Gasteiger partial charge in [0.1, 0.15) is 5.75 Å². The number of aromatic amines is 1. The van der Waals surface area contributed by atoms with Gasteiger partial charge in [-0.2, -0.15) is 13.2 Å². The Labute approximate surface area is 138 Å². The molecule has 0 bridgehead atoms. The van der Waals surface area contributed by atoms with Crippen LogP contribution >= 0.6 is 0 Å². The molecule has 0 aliphatic rings. The van der Waals surface area contributed by atoms with Gasteiger partial charge < -0.3 is 15.4 Å². The first-order valence-corrected chi connectivity index (χ1v) is 7.10. The summed E-state index contributed by atoms with van der Waals surface area (Å²) in [4.78, 5) is 25.7. The molecule has 0 unspecified atom stereocenters. The highest BCUT2D eigenvalue weighted by Crippen LogP contribution is 2.32. The number of nitrogens with one attached hydrogen (secondary N) is 2. The smallest absolute Gasteiger partial charge is 0.416 e. The molecule has 0 spiro atoms. The topological polar surface area (TPSA) is 87.1 Å². The summed E-state index contributed by atoms with van der Waals surface area (Å²) in [5, 5.41) is 12.5. The normalized spacial score (nSPS) is 11.7. The fourth-order valence-electron chi connectivity index (χ4n) is 2.51. The first kappa shape index (κ1) is 16.6. The van der Waals surface area contributed by atoms with Crippen molar-refractivity contribution in [1.29, 1.82) is 0 Å². The molecule has 3 N–H and O–H groups in total. The number of phenolic OH excluding ortho intramolecular Hbond substituents is 1. The Balaban J connectivity index is 2.21. The molecule has 3 aromatic rings. The van der Waals surface area contributed by atoms with E-state index < -0.39 is 17.4 Å². The fraction of sp³-hybridized carbons (Fsp3) is 0.125. The maximum atomic E-state index is 12.8. The molecule has 1 aromatic heterocycles. The van der Waals surface area contributed by atoms with Crippen molar-refractivity contribution in [1.82, 2.24) is 9.55 Å². The second kappa shape index (κ2) is 5.69. The van der Waals surface area contributed by atoms with Crippen molar-refractivity contribution in [2.75, 3.05) is 5.32 Å². The highest BCUT2D eigenvalue weighted by molar-refractivity contribution is 5.89. The number of hydrogen-bond acceptors (Lipinski definition) is 3. The molecule has 0 aliphatic carbocycles. The van der Waals surface area contributed by atoms with Crippen LogP contribution in [0.25, 0.3) is 16.7 Å². The van der Waals surface area contributed by atoms with E-state index in [-0.39, 0.29) is 28.4 Å². The third kappa shape index (κ3) is 3.08. The second-order valence-corrected chi connectivity index (χ2v) is 5.38. The molecular formula is C16H12F3N3O3. The summed E-state index contributed by atoms with van der Waals surface area (Å²) in [5.41, 5.74) is -1.12. The summed E-state index contributed by atoms with van der Waals surface area (Å²) in [6.45, 7) is 1.29. The van der Waals surface area contributed by atoms with E-state index in [1.165, 1.54) is 25.1 Å². The number of halogens is 3. The van der Waals surface area contributed by atoms with Crippen molar-refractivity contribution < 1.29 is 23.1 Å². The maximum Gasteiger partial charge on any atom is 0.416 e. The number of aromatic nitrogens is 2. The molecule has 9 heteroatoms. The summed E-state index contributed by atoms with van der Waals surface area (Å²) >= 11 is 0. The van der Waals surface area contributed by atoms with Gasteiger partial charge in [0.15, 0.2) is 0 Å². The Hall–Kier alpha value is -3.23. The number of fused-ring (bicyclic) bond motifs is 1. The minimum Gasteiger partial charge on any atom is -0.506 e. The molecule has 0 aliphatic heterocycles. The van der Waals surface area contributed by atoms with Crippen molar-refractivity contribution in [3.8, 4) is 11.4 Å². The van der Waals surface area contributed by atoms with Gasteiger partial charge >= 0.3 is 11.9 Å². The van der Waals surface area contributed by atoms with Gasteiger partial charge in [0.05, 0.1) is 22.3 Å². The molecule has 1 amide bonds. The number of amides is 1. The molecule has 2 aromatic carbocycles. The summed E-state index contributed by atoms with van der Waals surface area (Å²) in [5.74, 6) is -0.616. The maximum absolute atomic E-state index is 12.8. The van der Waals surface area contributed by atoms with E-state index in [0.717, 1.165) is 22.8 Å². The average molecular weight is 351 g/mol. The van der Waals surface area contributed by atoms with Gasteiger partial charge in [-0.1, -0.05) is 0 Å². The highest BCUT2D eigenvalue weighted by atomic mass is 19.4. The van der Waals surface area contributed by atoms with Crippen LogP contribution in [0.4, 0.5) is 18.9 Å². The zero-order valence-electron chi connectivity index (χ0n) is 12.8. The van der Waals surface area contributed by atoms with Crippen molar-refractivity contribution in [3.63, 3.8) is 0 Å². The number of anilines is 1. The van der Waals surface area contributed by atoms with Crippen LogP contribution in [0.3, 0.4) is 0 Å². The summed E-state index contributed by atoms with van der Waals surface area (Å²) in [6, 6.07) is 6.87. The van der Waals surface area contributed by atoms with E-state index in [4.69, 9.17) is 0 Å². The average Bonchev–Trinajstić information content (AvgIpc) is 2.82. The van der Waals surface area contributed by atoms with Crippen LogP contribution < -0.4 is 11.0 Å². The van der Waals surface area contributed by atoms with Gasteiger partial charge in [-0.3, -0.25) is 9.36 Å². The SMILES string of the molecule is CC(=O)Nc1ccc(O)c(-n2c(=O)[nH]c3cc(C(F)(F)F)ccc32)c1. The summed E-state index contributed by atoms with van der Waals surface area (Å²) in [6.07, 6.45) is -4.54. The molecule has 0 saturated heterocycles.